The standard InChI is InChI=1S/C24H30F3N.C2H3N/c1-18(2)28(17-20-7-4-3-5-8-20)16-6-9-19-10-12-21(13-11-19)22-14-15-23(22)24(25,26)27;1-2-3/h3-5,7-8,10-13,18,22-23H,6,9,14-17H2,1-2H3;1H3. The molecule has 2 unspecified atom stereocenters. The number of aryl methyl sites for hydroxylation is 1. The van der Waals surface area contributed by atoms with Crippen LogP contribution >= 0.6 is 0 Å². The van der Waals surface area contributed by atoms with Crippen molar-refractivity contribution in [2.75, 3.05) is 6.54 Å². The van der Waals surface area contributed by atoms with Crippen LogP contribution in [-0.2, 0) is 13.0 Å². The molecule has 3 rings (SSSR count). The van der Waals surface area contributed by atoms with Crippen molar-refractivity contribution < 1.29 is 13.2 Å². The fraction of sp³-hybridized carbons (Fsp3) is 0.500. The molecule has 2 nitrogen and oxygen atoms in total. The molecule has 0 aliphatic heterocycles. The average Bonchev–Trinajstić information content (AvgIpc) is 2.67. The Hall–Kier alpha value is -2.32. The number of halogens is 3. The van der Waals surface area contributed by atoms with E-state index in [1.54, 1.807) is 6.07 Å². The first-order chi connectivity index (χ1) is 14.8. The first kappa shape index (κ1) is 24.9. The van der Waals surface area contributed by atoms with E-state index < -0.39 is 12.1 Å². The number of alkyl halides is 3. The molecule has 0 saturated heterocycles. The predicted molar refractivity (Wildman–Crippen MR) is 120 cm³/mol. The number of hydrogen-bond donors (Lipinski definition) is 0. The summed E-state index contributed by atoms with van der Waals surface area (Å²) in [6, 6.07) is 20.5. The summed E-state index contributed by atoms with van der Waals surface area (Å²) >= 11 is 0. The van der Waals surface area contributed by atoms with E-state index in [0.717, 1.165) is 31.5 Å². The summed E-state index contributed by atoms with van der Waals surface area (Å²) in [6.45, 7) is 7.81. The fourth-order valence-corrected chi connectivity index (χ4v) is 4.05. The van der Waals surface area contributed by atoms with Crippen molar-refractivity contribution >= 4 is 0 Å². The fourth-order valence-electron chi connectivity index (χ4n) is 4.05. The van der Waals surface area contributed by atoms with Crippen LogP contribution in [0.1, 0.15) is 62.6 Å². The number of hydrogen-bond acceptors (Lipinski definition) is 2. The van der Waals surface area contributed by atoms with E-state index in [4.69, 9.17) is 5.26 Å². The molecule has 0 bridgehead atoms. The van der Waals surface area contributed by atoms with Gasteiger partial charge < -0.3 is 0 Å². The van der Waals surface area contributed by atoms with E-state index in [0.29, 0.717) is 12.5 Å². The first-order valence-corrected chi connectivity index (χ1v) is 11.0. The Bertz CT molecular complexity index is 807. The molecule has 0 aromatic heterocycles. The molecule has 1 aliphatic rings. The second kappa shape index (κ2) is 11.9. The van der Waals surface area contributed by atoms with Gasteiger partial charge in [0.15, 0.2) is 0 Å². The zero-order valence-corrected chi connectivity index (χ0v) is 18.7. The third-order valence-corrected chi connectivity index (χ3v) is 5.97. The lowest BCUT2D eigenvalue weighted by Gasteiger charge is -2.38. The molecule has 1 fully saturated rings. The zero-order valence-electron chi connectivity index (χ0n) is 18.7. The maximum absolute atomic E-state index is 13.0. The van der Waals surface area contributed by atoms with Crippen molar-refractivity contribution in [3.05, 3.63) is 71.3 Å². The lowest BCUT2D eigenvalue weighted by Crippen LogP contribution is -2.36. The summed E-state index contributed by atoms with van der Waals surface area (Å²) in [5, 5.41) is 7.32. The third kappa shape index (κ3) is 7.70. The van der Waals surface area contributed by atoms with Gasteiger partial charge in [0.2, 0.25) is 0 Å². The van der Waals surface area contributed by atoms with Gasteiger partial charge in [-0.2, -0.15) is 18.4 Å². The summed E-state index contributed by atoms with van der Waals surface area (Å²) in [6.07, 6.45) is -1.17. The minimum absolute atomic E-state index is 0.266. The summed E-state index contributed by atoms with van der Waals surface area (Å²) in [4.78, 5) is 2.46. The monoisotopic (exact) mass is 430 g/mol. The molecule has 1 saturated carbocycles. The maximum atomic E-state index is 13.0. The highest BCUT2D eigenvalue weighted by molar-refractivity contribution is 5.28. The molecule has 0 amide bonds. The van der Waals surface area contributed by atoms with Crippen molar-refractivity contribution in [3.8, 4) is 6.07 Å². The molecule has 1 aliphatic carbocycles. The van der Waals surface area contributed by atoms with Gasteiger partial charge in [-0.25, -0.2) is 0 Å². The highest BCUT2D eigenvalue weighted by Gasteiger charge is 2.50. The van der Waals surface area contributed by atoms with Gasteiger partial charge in [-0.05, 0) is 68.7 Å². The van der Waals surface area contributed by atoms with Crippen molar-refractivity contribution in [2.24, 2.45) is 5.92 Å². The first-order valence-electron chi connectivity index (χ1n) is 11.0. The van der Waals surface area contributed by atoms with Gasteiger partial charge in [-0.1, -0.05) is 54.6 Å². The summed E-state index contributed by atoms with van der Waals surface area (Å²) in [5.41, 5.74) is 3.36. The minimum Gasteiger partial charge on any atom is -0.297 e. The van der Waals surface area contributed by atoms with Crippen molar-refractivity contribution in [3.63, 3.8) is 0 Å². The molecule has 31 heavy (non-hydrogen) atoms. The second-order valence-corrected chi connectivity index (χ2v) is 8.45. The Morgan fingerprint density at radius 2 is 1.61 bits per heavy atom. The highest BCUT2D eigenvalue weighted by Crippen LogP contribution is 2.50. The number of nitrogens with zero attached hydrogens (tertiary/aromatic N) is 2. The van der Waals surface area contributed by atoms with Crippen LogP contribution < -0.4 is 0 Å². The predicted octanol–water partition coefficient (Wildman–Crippen LogP) is 7.12. The topological polar surface area (TPSA) is 27.0 Å². The Kier molecular flexibility index (Phi) is 9.58. The number of nitriles is 1. The summed E-state index contributed by atoms with van der Waals surface area (Å²) in [5.74, 6) is -1.51. The van der Waals surface area contributed by atoms with E-state index in [1.165, 1.54) is 18.1 Å². The van der Waals surface area contributed by atoms with E-state index in [2.05, 4.69) is 43.0 Å². The largest absolute Gasteiger partial charge is 0.392 e. The van der Waals surface area contributed by atoms with Crippen molar-refractivity contribution in [2.45, 2.75) is 71.1 Å². The van der Waals surface area contributed by atoms with Crippen LogP contribution in [-0.4, -0.2) is 23.7 Å². The van der Waals surface area contributed by atoms with Gasteiger partial charge in [-0.15, -0.1) is 0 Å². The van der Waals surface area contributed by atoms with Crippen LogP contribution in [0.3, 0.4) is 0 Å². The van der Waals surface area contributed by atoms with Gasteiger partial charge in [0.25, 0.3) is 0 Å². The van der Waals surface area contributed by atoms with Gasteiger partial charge in [0, 0.05) is 19.5 Å². The summed E-state index contributed by atoms with van der Waals surface area (Å²) < 4.78 is 38.9. The molecule has 0 heterocycles. The van der Waals surface area contributed by atoms with E-state index >= 15 is 0 Å². The van der Waals surface area contributed by atoms with E-state index in [1.807, 2.05) is 30.3 Å². The Balaban J connectivity index is 0.00000107. The summed E-state index contributed by atoms with van der Waals surface area (Å²) in [7, 11) is 0. The highest BCUT2D eigenvalue weighted by atomic mass is 19.4. The molecule has 5 heteroatoms. The molecule has 168 valence electrons. The van der Waals surface area contributed by atoms with Crippen LogP contribution in [0.2, 0.25) is 0 Å². The van der Waals surface area contributed by atoms with Crippen LogP contribution in [0, 0.1) is 17.2 Å². The van der Waals surface area contributed by atoms with Crippen LogP contribution in [0.25, 0.3) is 0 Å². The molecule has 2 atom stereocenters. The van der Waals surface area contributed by atoms with E-state index in [-0.39, 0.29) is 12.3 Å². The zero-order chi connectivity index (χ0) is 22.9. The van der Waals surface area contributed by atoms with Gasteiger partial charge in [0.1, 0.15) is 0 Å². The molecular weight excluding hydrogens is 397 g/mol. The van der Waals surface area contributed by atoms with E-state index in [9.17, 15) is 13.2 Å². The molecule has 0 N–H and O–H groups in total. The normalized spacial score (nSPS) is 18.2. The van der Waals surface area contributed by atoms with Crippen LogP contribution in [0.4, 0.5) is 13.2 Å². The second-order valence-electron chi connectivity index (χ2n) is 8.45. The quantitative estimate of drug-likeness (QED) is 0.446. The average molecular weight is 431 g/mol. The van der Waals surface area contributed by atoms with Gasteiger partial charge in [0.05, 0.1) is 12.0 Å². The lowest BCUT2D eigenvalue weighted by molar-refractivity contribution is -0.200. The number of rotatable bonds is 8. The third-order valence-electron chi connectivity index (χ3n) is 5.97. The van der Waals surface area contributed by atoms with Gasteiger partial charge in [-0.3, -0.25) is 4.90 Å². The lowest BCUT2D eigenvalue weighted by atomic mass is 9.69. The van der Waals surface area contributed by atoms with Crippen LogP contribution in [0.5, 0.6) is 0 Å². The molecule has 2 aromatic rings. The smallest absolute Gasteiger partial charge is 0.297 e. The Labute approximate surface area is 184 Å². The molecule has 2 aromatic carbocycles. The maximum Gasteiger partial charge on any atom is 0.392 e. The van der Waals surface area contributed by atoms with Crippen LogP contribution in [0.15, 0.2) is 54.6 Å². The number of benzene rings is 2. The van der Waals surface area contributed by atoms with Crippen molar-refractivity contribution in [1.82, 2.24) is 4.90 Å². The Morgan fingerprint density at radius 3 is 2.10 bits per heavy atom. The molecule has 0 spiro atoms. The Morgan fingerprint density at radius 1 is 1.00 bits per heavy atom. The SMILES string of the molecule is CC#N.CC(C)N(CCCc1ccc(C2CCC2C(F)(F)F)cc1)Cc1ccccc1. The molecular formula is C26H33F3N2. The van der Waals surface area contributed by atoms with Crippen molar-refractivity contribution in [1.29, 1.82) is 5.26 Å². The minimum atomic E-state index is -4.07. The van der Waals surface area contributed by atoms with Gasteiger partial charge >= 0.3 is 6.18 Å². The molecule has 0 radical (unpaired) electrons.